The van der Waals surface area contributed by atoms with Crippen molar-refractivity contribution in [1.29, 1.82) is 0 Å². The van der Waals surface area contributed by atoms with E-state index in [1.807, 2.05) is 6.07 Å². The number of para-hydroxylation sites is 2. The van der Waals surface area contributed by atoms with E-state index >= 15 is 0 Å². The predicted molar refractivity (Wildman–Crippen MR) is 254 cm³/mol. The van der Waals surface area contributed by atoms with Crippen molar-refractivity contribution < 1.29 is 0 Å². The number of hydrogen-bond donors (Lipinski definition) is 0. The van der Waals surface area contributed by atoms with Gasteiger partial charge in [-0.1, -0.05) is 176 Å². The molecule has 12 aromatic rings. The van der Waals surface area contributed by atoms with Gasteiger partial charge in [0.05, 0.1) is 11.0 Å². The van der Waals surface area contributed by atoms with Gasteiger partial charge in [0.15, 0.2) is 17.5 Å². The molecule has 4 heteroatoms. The Morgan fingerprint density at radius 1 is 0.279 bits per heavy atom. The summed E-state index contributed by atoms with van der Waals surface area (Å²) < 4.78 is 2.33. The molecule has 0 spiro atoms. The van der Waals surface area contributed by atoms with Crippen LogP contribution in [-0.2, 0) is 0 Å². The lowest BCUT2D eigenvalue weighted by Crippen LogP contribution is -2.01. The van der Waals surface area contributed by atoms with Crippen molar-refractivity contribution in [1.82, 2.24) is 19.5 Å². The Labute approximate surface area is 352 Å². The molecule has 0 bridgehead atoms. The monoisotopic (exact) mass is 776 g/mol. The number of benzene rings is 10. The van der Waals surface area contributed by atoms with Crippen LogP contribution in [0.15, 0.2) is 218 Å². The first kappa shape index (κ1) is 34.8. The molecule has 2 aromatic heterocycles. The Morgan fingerprint density at radius 3 is 1.48 bits per heavy atom. The number of hydrogen-bond acceptors (Lipinski definition) is 3. The predicted octanol–water partition coefficient (Wildman–Crippen LogP) is 14.8. The molecule has 0 unspecified atom stereocenters. The van der Waals surface area contributed by atoms with Crippen LogP contribution in [0.5, 0.6) is 0 Å². The molecule has 0 N–H and O–H groups in total. The molecular weight excluding hydrogens is 741 g/mol. The second-order valence-corrected chi connectivity index (χ2v) is 15.6. The van der Waals surface area contributed by atoms with Crippen LogP contribution < -0.4 is 0 Å². The zero-order valence-electron chi connectivity index (χ0n) is 33.1. The third-order valence-corrected chi connectivity index (χ3v) is 12.1. The van der Waals surface area contributed by atoms with E-state index in [2.05, 4.69) is 217 Å². The van der Waals surface area contributed by atoms with Gasteiger partial charge in [-0.05, 0) is 97.0 Å². The SMILES string of the molecule is c1ccc(-c2ccccc2-c2nc(-c3ccc(-c4c5ccccc5cc5c4ccc4ccccc45)cc3)nc(-c3ccc(-n4c5ccccc5c5ccccc54)cc3)n2)cc1. The summed E-state index contributed by atoms with van der Waals surface area (Å²) in [5, 5.41) is 9.90. The van der Waals surface area contributed by atoms with E-state index in [-0.39, 0.29) is 0 Å². The number of fused-ring (bicyclic) bond motifs is 7. The Hall–Kier alpha value is -8.21. The van der Waals surface area contributed by atoms with Crippen molar-refractivity contribution in [3.05, 3.63) is 218 Å². The number of nitrogens with zero attached hydrogens (tertiary/aromatic N) is 4. The average molecular weight is 777 g/mol. The second kappa shape index (κ2) is 14.3. The summed E-state index contributed by atoms with van der Waals surface area (Å²) in [6.45, 7) is 0. The van der Waals surface area contributed by atoms with Gasteiger partial charge in [-0.15, -0.1) is 0 Å². The van der Waals surface area contributed by atoms with Crippen molar-refractivity contribution in [2.45, 2.75) is 0 Å². The molecule has 284 valence electrons. The molecule has 0 aliphatic rings. The summed E-state index contributed by atoms with van der Waals surface area (Å²) in [6.07, 6.45) is 0. The van der Waals surface area contributed by atoms with Crippen LogP contribution in [0.3, 0.4) is 0 Å². The van der Waals surface area contributed by atoms with Crippen LogP contribution in [0.4, 0.5) is 0 Å². The van der Waals surface area contributed by atoms with Crippen LogP contribution in [-0.4, -0.2) is 19.5 Å². The molecule has 12 rings (SSSR count). The van der Waals surface area contributed by atoms with E-state index in [1.165, 1.54) is 59.7 Å². The minimum absolute atomic E-state index is 0.618. The molecule has 0 radical (unpaired) electrons. The molecule has 0 saturated carbocycles. The van der Waals surface area contributed by atoms with Crippen molar-refractivity contribution >= 4 is 54.1 Å². The highest BCUT2D eigenvalue weighted by molar-refractivity contribution is 6.20. The molecule has 0 saturated heterocycles. The maximum absolute atomic E-state index is 5.22. The zero-order chi connectivity index (χ0) is 40.3. The Morgan fingerprint density at radius 2 is 0.787 bits per heavy atom. The smallest absolute Gasteiger partial charge is 0.164 e. The van der Waals surface area contributed by atoms with Gasteiger partial charge in [0, 0.05) is 33.2 Å². The molecule has 0 aliphatic carbocycles. The van der Waals surface area contributed by atoms with Gasteiger partial charge in [0.2, 0.25) is 0 Å². The van der Waals surface area contributed by atoms with Gasteiger partial charge in [-0.2, -0.15) is 0 Å². The van der Waals surface area contributed by atoms with E-state index < -0.39 is 0 Å². The summed E-state index contributed by atoms with van der Waals surface area (Å²) in [7, 11) is 0. The molecule has 0 aliphatic heterocycles. The lowest BCUT2D eigenvalue weighted by Gasteiger charge is -2.15. The van der Waals surface area contributed by atoms with E-state index in [1.54, 1.807) is 0 Å². The molecule has 0 atom stereocenters. The Kier molecular flexibility index (Phi) is 8.13. The zero-order valence-corrected chi connectivity index (χ0v) is 33.1. The van der Waals surface area contributed by atoms with Crippen molar-refractivity contribution in [2.24, 2.45) is 0 Å². The van der Waals surface area contributed by atoms with Crippen LogP contribution in [0, 0.1) is 0 Å². The quantitative estimate of drug-likeness (QED) is 0.125. The highest BCUT2D eigenvalue weighted by atomic mass is 15.0. The lowest BCUT2D eigenvalue weighted by molar-refractivity contribution is 1.07. The lowest BCUT2D eigenvalue weighted by atomic mass is 9.89. The molecule has 0 amide bonds. The first-order valence-electron chi connectivity index (χ1n) is 20.7. The minimum Gasteiger partial charge on any atom is -0.309 e. The summed E-state index contributed by atoms with van der Waals surface area (Å²) in [6, 6.07) is 77.5. The highest BCUT2D eigenvalue weighted by Gasteiger charge is 2.18. The number of aromatic nitrogens is 4. The third-order valence-electron chi connectivity index (χ3n) is 12.1. The molecule has 4 nitrogen and oxygen atoms in total. The Bertz CT molecular complexity index is 3570. The average Bonchev–Trinajstić information content (AvgIpc) is 3.68. The third kappa shape index (κ3) is 5.88. The standard InChI is InChI=1S/C57H36N4/c1-2-14-37(15-3-1)44-18-8-9-23-50(44)57-59-55(58-56(60-57)41-30-33-43(34-31-41)61-52-24-12-10-21-47(52)48-22-11-13-25-53(48)61)40-28-26-39(27-29-40)54-46-20-7-5-17-42(46)36-51-45-19-6-4-16-38(45)32-35-49(51)54/h1-36H. The van der Waals surface area contributed by atoms with Gasteiger partial charge >= 0.3 is 0 Å². The fraction of sp³-hybridized carbons (Fsp3) is 0. The topological polar surface area (TPSA) is 43.6 Å². The number of rotatable bonds is 6. The van der Waals surface area contributed by atoms with E-state index in [9.17, 15) is 0 Å². The van der Waals surface area contributed by atoms with Crippen molar-refractivity contribution in [2.75, 3.05) is 0 Å². The van der Waals surface area contributed by atoms with Gasteiger partial charge in [-0.25, -0.2) is 15.0 Å². The van der Waals surface area contributed by atoms with Gasteiger partial charge < -0.3 is 4.57 Å². The summed E-state index contributed by atoms with van der Waals surface area (Å²) in [5.74, 6) is 1.87. The minimum atomic E-state index is 0.618. The first-order chi connectivity index (χ1) is 30.2. The van der Waals surface area contributed by atoms with E-state index in [4.69, 9.17) is 15.0 Å². The van der Waals surface area contributed by atoms with Crippen molar-refractivity contribution in [3.8, 4) is 62.1 Å². The van der Waals surface area contributed by atoms with Gasteiger partial charge in [0.1, 0.15) is 0 Å². The molecule has 2 heterocycles. The van der Waals surface area contributed by atoms with Crippen LogP contribution >= 0.6 is 0 Å². The second-order valence-electron chi connectivity index (χ2n) is 15.6. The van der Waals surface area contributed by atoms with Crippen LogP contribution in [0.25, 0.3) is 116 Å². The van der Waals surface area contributed by atoms with E-state index in [0.29, 0.717) is 17.5 Å². The fourth-order valence-corrected chi connectivity index (χ4v) is 9.18. The van der Waals surface area contributed by atoms with Gasteiger partial charge in [-0.3, -0.25) is 0 Å². The molecule has 61 heavy (non-hydrogen) atoms. The first-order valence-corrected chi connectivity index (χ1v) is 20.7. The highest BCUT2D eigenvalue weighted by Crippen LogP contribution is 2.40. The van der Waals surface area contributed by atoms with Crippen LogP contribution in [0.2, 0.25) is 0 Å². The molecule has 0 fully saturated rings. The Balaban J connectivity index is 1.01. The fourth-order valence-electron chi connectivity index (χ4n) is 9.18. The maximum atomic E-state index is 5.22. The van der Waals surface area contributed by atoms with Crippen molar-refractivity contribution in [3.63, 3.8) is 0 Å². The van der Waals surface area contributed by atoms with Crippen LogP contribution in [0.1, 0.15) is 0 Å². The van der Waals surface area contributed by atoms with E-state index in [0.717, 1.165) is 39.1 Å². The summed E-state index contributed by atoms with van der Waals surface area (Å²) in [4.78, 5) is 15.6. The summed E-state index contributed by atoms with van der Waals surface area (Å²) >= 11 is 0. The molecule has 10 aromatic carbocycles. The van der Waals surface area contributed by atoms with Gasteiger partial charge in [0.25, 0.3) is 0 Å². The molecular formula is C57H36N4. The summed E-state index contributed by atoms with van der Waals surface area (Å²) in [5.41, 5.74) is 10.8. The maximum Gasteiger partial charge on any atom is 0.164 e. The largest absolute Gasteiger partial charge is 0.309 e. The normalized spacial score (nSPS) is 11.6.